The van der Waals surface area contributed by atoms with E-state index in [1.54, 1.807) is 24.3 Å². The van der Waals surface area contributed by atoms with E-state index >= 15 is 0 Å². The molecule has 1 aliphatic rings. The van der Waals surface area contributed by atoms with E-state index in [9.17, 15) is 4.79 Å². The zero-order valence-corrected chi connectivity index (χ0v) is 9.87. The van der Waals surface area contributed by atoms with Gasteiger partial charge in [0, 0.05) is 29.3 Å². The second kappa shape index (κ2) is 6.05. The lowest BCUT2D eigenvalue weighted by molar-refractivity contribution is 0.0858. The first-order valence-corrected chi connectivity index (χ1v) is 5.84. The molecular weight excluding hydrogens is 232 g/mol. The van der Waals surface area contributed by atoms with Crippen molar-refractivity contribution >= 4 is 11.6 Å². The molecule has 1 N–H and O–H groups in total. The van der Waals surface area contributed by atoms with E-state index in [0.717, 1.165) is 19.4 Å². The summed E-state index contributed by atoms with van der Waals surface area (Å²) in [7, 11) is 0. The third-order valence-corrected chi connectivity index (χ3v) is 2.80. The number of carbonyl (C=O) groups excluding carboxylic acids is 1. The molecule has 1 unspecified atom stereocenters. The van der Waals surface area contributed by atoms with E-state index in [4.69, 9.17) is 10.3 Å². The summed E-state index contributed by atoms with van der Waals surface area (Å²) in [4.78, 5) is 14.5. The fourth-order valence-electron chi connectivity index (χ4n) is 1.85. The summed E-state index contributed by atoms with van der Waals surface area (Å²) >= 11 is 0. The molecule has 1 fully saturated rings. The smallest absolute Gasteiger partial charge is 0.251 e. The molecule has 0 spiro atoms. The molecule has 0 bridgehead atoms. The van der Waals surface area contributed by atoms with Crippen LogP contribution >= 0.6 is 0 Å². The van der Waals surface area contributed by atoms with Crippen LogP contribution in [0.2, 0.25) is 0 Å². The van der Waals surface area contributed by atoms with Gasteiger partial charge in [0.2, 0.25) is 0 Å². The Morgan fingerprint density at radius 2 is 2.28 bits per heavy atom. The molecule has 0 saturated carbocycles. The van der Waals surface area contributed by atoms with Crippen molar-refractivity contribution < 1.29 is 9.53 Å². The zero-order valence-electron chi connectivity index (χ0n) is 9.87. The SMILES string of the molecule is [N-]=[N+]=Nc1ccc(C(=O)NCC2CCCO2)cc1. The van der Waals surface area contributed by atoms with E-state index in [1.807, 2.05) is 0 Å². The lowest BCUT2D eigenvalue weighted by Gasteiger charge is -2.10. The van der Waals surface area contributed by atoms with Gasteiger partial charge in [0.1, 0.15) is 0 Å². The number of amides is 1. The maximum absolute atomic E-state index is 11.8. The molecule has 1 aliphatic heterocycles. The third-order valence-electron chi connectivity index (χ3n) is 2.80. The standard InChI is InChI=1S/C12H14N4O2/c13-16-15-10-5-3-9(4-6-10)12(17)14-8-11-2-1-7-18-11/h3-6,11H,1-2,7-8H2,(H,14,17). The highest BCUT2D eigenvalue weighted by Gasteiger charge is 2.16. The average Bonchev–Trinajstić information content (AvgIpc) is 2.90. The van der Waals surface area contributed by atoms with Crippen LogP contribution < -0.4 is 5.32 Å². The van der Waals surface area contributed by atoms with Crippen LogP contribution in [0.5, 0.6) is 0 Å². The highest BCUT2D eigenvalue weighted by molar-refractivity contribution is 5.94. The first-order valence-electron chi connectivity index (χ1n) is 5.84. The van der Waals surface area contributed by atoms with Crippen LogP contribution in [0.25, 0.3) is 10.4 Å². The van der Waals surface area contributed by atoms with Gasteiger partial charge in [-0.1, -0.05) is 17.2 Å². The monoisotopic (exact) mass is 246 g/mol. The topological polar surface area (TPSA) is 87.1 Å². The number of benzene rings is 1. The molecule has 1 aromatic rings. The Hall–Kier alpha value is -2.04. The Balaban J connectivity index is 1.89. The summed E-state index contributed by atoms with van der Waals surface area (Å²) < 4.78 is 5.42. The van der Waals surface area contributed by atoms with Crippen molar-refractivity contribution in [3.05, 3.63) is 40.3 Å². The van der Waals surface area contributed by atoms with Gasteiger partial charge >= 0.3 is 0 Å². The number of hydrogen-bond donors (Lipinski definition) is 1. The van der Waals surface area contributed by atoms with Crippen LogP contribution in [0.15, 0.2) is 29.4 Å². The van der Waals surface area contributed by atoms with E-state index in [2.05, 4.69) is 15.3 Å². The summed E-state index contributed by atoms with van der Waals surface area (Å²) in [5.74, 6) is -0.141. The lowest BCUT2D eigenvalue weighted by atomic mass is 10.2. The second-order valence-corrected chi connectivity index (χ2v) is 4.08. The summed E-state index contributed by atoms with van der Waals surface area (Å²) in [6.45, 7) is 1.32. The Bertz CT molecular complexity index is 459. The van der Waals surface area contributed by atoms with E-state index in [-0.39, 0.29) is 12.0 Å². The molecule has 0 radical (unpaired) electrons. The molecule has 1 amide bonds. The van der Waals surface area contributed by atoms with Crippen molar-refractivity contribution in [3.8, 4) is 0 Å². The van der Waals surface area contributed by atoms with Gasteiger partial charge in [-0.05, 0) is 30.5 Å². The summed E-state index contributed by atoms with van der Waals surface area (Å²) in [5.41, 5.74) is 9.31. The number of azide groups is 1. The largest absolute Gasteiger partial charge is 0.376 e. The maximum atomic E-state index is 11.8. The van der Waals surface area contributed by atoms with E-state index < -0.39 is 0 Å². The van der Waals surface area contributed by atoms with Crippen molar-refractivity contribution in [1.82, 2.24) is 5.32 Å². The Morgan fingerprint density at radius 3 is 2.89 bits per heavy atom. The summed E-state index contributed by atoms with van der Waals surface area (Å²) in [6, 6.07) is 6.49. The van der Waals surface area contributed by atoms with E-state index in [1.165, 1.54) is 0 Å². The van der Waals surface area contributed by atoms with Crippen molar-refractivity contribution in [2.45, 2.75) is 18.9 Å². The molecule has 1 heterocycles. The van der Waals surface area contributed by atoms with Gasteiger partial charge in [-0.2, -0.15) is 0 Å². The van der Waals surface area contributed by atoms with Gasteiger partial charge in [0.25, 0.3) is 5.91 Å². The number of carbonyl (C=O) groups is 1. The first-order chi connectivity index (χ1) is 8.79. The number of ether oxygens (including phenoxy) is 1. The van der Waals surface area contributed by atoms with Gasteiger partial charge in [0.05, 0.1) is 6.10 Å². The highest BCUT2D eigenvalue weighted by atomic mass is 16.5. The number of nitrogens with zero attached hydrogens (tertiary/aromatic N) is 3. The predicted molar refractivity (Wildman–Crippen MR) is 66.6 cm³/mol. The average molecular weight is 246 g/mol. The predicted octanol–water partition coefficient (Wildman–Crippen LogP) is 2.54. The van der Waals surface area contributed by atoms with Crippen LogP contribution in [-0.2, 0) is 4.74 Å². The molecular formula is C12H14N4O2. The molecule has 6 nitrogen and oxygen atoms in total. The van der Waals surface area contributed by atoms with Crippen LogP contribution in [0.4, 0.5) is 5.69 Å². The molecule has 6 heteroatoms. The van der Waals surface area contributed by atoms with Gasteiger partial charge in [-0.25, -0.2) is 0 Å². The number of rotatable bonds is 4. The van der Waals surface area contributed by atoms with Crippen molar-refractivity contribution in [3.63, 3.8) is 0 Å². The Morgan fingerprint density at radius 1 is 1.50 bits per heavy atom. The molecule has 1 aromatic carbocycles. The molecule has 18 heavy (non-hydrogen) atoms. The number of nitrogens with one attached hydrogen (secondary N) is 1. The summed E-state index contributed by atoms with van der Waals surface area (Å²) in [5, 5.41) is 6.27. The minimum Gasteiger partial charge on any atom is -0.376 e. The molecule has 1 atom stereocenters. The Kier molecular flexibility index (Phi) is 4.17. The summed E-state index contributed by atoms with van der Waals surface area (Å²) in [6.07, 6.45) is 2.19. The van der Waals surface area contributed by atoms with Crippen LogP contribution in [0, 0.1) is 0 Å². The van der Waals surface area contributed by atoms with Crippen LogP contribution in [0.3, 0.4) is 0 Å². The molecule has 94 valence electrons. The molecule has 2 rings (SSSR count). The van der Waals surface area contributed by atoms with Crippen molar-refractivity contribution in [2.24, 2.45) is 5.11 Å². The zero-order chi connectivity index (χ0) is 12.8. The molecule has 0 aromatic heterocycles. The first kappa shape index (κ1) is 12.4. The molecule has 1 saturated heterocycles. The van der Waals surface area contributed by atoms with Gasteiger partial charge < -0.3 is 10.1 Å². The van der Waals surface area contributed by atoms with Gasteiger partial charge in [-0.3, -0.25) is 4.79 Å². The third kappa shape index (κ3) is 3.23. The maximum Gasteiger partial charge on any atom is 0.251 e. The quantitative estimate of drug-likeness (QED) is 0.502. The fraction of sp³-hybridized carbons (Fsp3) is 0.417. The van der Waals surface area contributed by atoms with Crippen molar-refractivity contribution in [1.29, 1.82) is 0 Å². The Labute approximate surface area is 105 Å². The van der Waals surface area contributed by atoms with Gasteiger partial charge in [0.15, 0.2) is 0 Å². The minimum atomic E-state index is -0.141. The van der Waals surface area contributed by atoms with E-state index in [0.29, 0.717) is 17.8 Å². The second-order valence-electron chi connectivity index (χ2n) is 4.08. The normalized spacial score (nSPS) is 18.1. The van der Waals surface area contributed by atoms with Crippen molar-refractivity contribution in [2.75, 3.05) is 13.2 Å². The molecule has 0 aliphatic carbocycles. The minimum absolute atomic E-state index is 0.136. The van der Waals surface area contributed by atoms with Gasteiger partial charge in [-0.15, -0.1) is 0 Å². The highest BCUT2D eigenvalue weighted by Crippen LogP contribution is 2.14. The lowest BCUT2D eigenvalue weighted by Crippen LogP contribution is -2.31. The van der Waals surface area contributed by atoms with Crippen LogP contribution in [0.1, 0.15) is 23.2 Å². The van der Waals surface area contributed by atoms with Crippen LogP contribution in [-0.4, -0.2) is 25.2 Å². The number of hydrogen-bond acceptors (Lipinski definition) is 3. The fourth-order valence-corrected chi connectivity index (χ4v) is 1.85.